The van der Waals surface area contributed by atoms with Gasteiger partial charge in [-0.25, -0.2) is 4.98 Å². The lowest BCUT2D eigenvalue weighted by molar-refractivity contribution is 0.0934. The van der Waals surface area contributed by atoms with Gasteiger partial charge in [-0.3, -0.25) is 4.79 Å². The van der Waals surface area contributed by atoms with E-state index in [0.29, 0.717) is 17.0 Å². The largest absolute Gasteiger partial charge is 0.348 e. The van der Waals surface area contributed by atoms with Gasteiger partial charge in [0, 0.05) is 29.9 Å². The first-order chi connectivity index (χ1) is 8.66. The van der Waals surface area contributed by atoms with E-state index in [1.165, 1.54) is 0 Å². The lowest BCUT2D eigenvalue weighted by Crippen LogP contribution is -2.35. The van der Waals surface area contributed by atoms with Crippen LogP contribution in [-0.4, -0.2) is 21.5 Å². The molecular formula is C13H15N3OS. The maximum atomic E-state index is 12.0. The molecule has 1 N–H and O–H groups in total. The molecule has 2 rings (SSSR count). The van der Waals surface area contributed by atoms with E-state index in [1.807, 2.05) is 29.8 Å². The van der Waals surface area contributed by atoms with Crippen molar-refractivity contribution < 1.29 is 4.79 Å². The van der Waals surface area contributed by atoms with Gasteiger partial charge in [-0.05, 0) is 19.1 Å². The Morgan fingerprint density at radius 2 is 2.28 bits per heavy atom. The van der Waals surface area contributed by atoms with Gasteiger partial charge in [0.25, 0.3) is 5.91 Å². The number of amides is 1. The van der Waals surface area contributed by atoms with Crippen molar-refractivity contribution in [2.24, 2.45) is 0 Å². The Morgan fingerprint density at radius 1 is 1.50 bits per heavy atom. The standard InChI is InChI=1S/C13H15N3OS/c1-10(8-16-7-6-14-9-16)15-13(17)11-4-2-3-5-12(11)18/h2-7,9-10,18H,8H2,1H3,(H,15,17). The zero-order valence-corrected chi connectivity index (χ0v) is 11.0. The average molecular weight is 261 g/mol. The first-order valence-electron chi connectivity index (χ1n) is 5.71. The van der Waals surface area contributed by atoms with Crippen LogP contribution in [0.25, 0.3) is 0 Å². The Bertz CT molecular complexity index is 525. The van der Waals surface area contributed by atoms with Crippen LogP contribution in [0.2, 0.25) is 0 Å². The second kappa shape index (κ2) is 5.73. The second-order valence-corrected chi connectivity index (χ2v) is 4.63. The molecule has 2 aromatic rings. The Hall–Kier alpha value is -1.75. The molecule has 1 unspecified atom stereocenters. The Balaban J connectivity index is 1.97. The number of hydrogen-bond acceptors (Lipinski definition) is 3. The molecule has 1 aromatic heterocycles. The fourth-order valence-corrected chi connectivity index (χ4v) is 1.99. The predicted octanol–water partition coefficient (Wildman–Crippen LogP) is 1.99. The minimum Gasteiger partial charge on any atom is -0.348 e. The van der Waals surface area contributed by atoms with Crippen molar-refractivity contribution in [2.75, 3.05) is 0 Å². The molecule has 1 atom stereocenters. The zero-order valence-electron chi connectivity index (χ0n) is 10.1. The number of benzene rings is 1. The van der Waals surface area contributed by atoms with Crippen molar-refractivity contribution in [3.05, 3.63) is 48.5 Å². The number of imidazole rings is 1. The first kappa shape index (κ1) is 12.7. The van der Waals surface area contributed by atoms with Crippen LogP contribution in [-0.2, 0) is 6.54 Å². The average Bonchev–Trinajstić information content (AvgIpc) is 2.82. The van der Waals surface area contributed by atoms with Gasteiger partial charge in [0.15, 0.2) is 0 Å². The molecule has 1 heterocycles. The molecule has 94 valence electrons. The summed E-state index contributed by atoms with van der Waals surface area (Å²) in [6, 6.07) is 7.28. The maximum Gasteiger partial charge on any atom is 0.252 e. The molecular weight excluding hydrogens is 246 g/mol. The van der Waals surface area contributed by atoms with Crippen LogP contribution in [0.3, 0.4) is 0 Å². The number of nitrogens with one attached hydrogen (secondary N) is 1. The van der Waals surface area contributed by atoms with Crippen molar-refractivity contribution in [3.8, 4) is 0 Å². The molecule has 18 heavy (non-hydrogen) atoms. The van der Waals surface area contributed by atoms with Crippen molar-refractivity contribution in [1.29, 1.82) is 0 Å². The summed E-state index contributed by atoms with van der Waals surface area (Å²) in [5.74, 6) is -0.104. The number of hydrogen-bond donors (Lipinski definition) is 2. The Kier molecular flexibility index (Phi) is 4.04. The van der Waals surface area contributed by atoms with Crippen LogP contribution in [0.5, 0.6) is 0 Å². The van der Waals surface area contributed by atoms with Crippen LogP contribution in [0.4, 0.5) is 0 Å². The Labute approximate surface area is 111 Å². The molecule has 0 aliphatic carbocycles. The highest BCUT2D eigenvalue weighted by atomic mass is 32.1. The number of carbonyl (C=O) groups excluding carboxylic acids is 1. The number of thiol groups is 1. The molecule has 0 saturated carbocycles. The lowest BCUT2D eigenvalue weighted by Gasteiger charge is -2.15. The summed E-state index contributed by atoms with van der Waals surface area (Å²) >= 11 is 4.27. The SMILES string of the molecule is CC(Cn1ccnc1)NC(=O)c1ccccc1S. The van der Waals surface area contributed by atoms with Crippen molar-refractivity contribution >= 4 is 18.5 Å². The van der Waals surface area contributed by atoms with Gasteiger partial charge in [-0.1, -0.05) is 12.1 Å². The summed E-state index contributed by atoms with van der Waals surface area (Å²) in [4.78, 5) is 16.7. The van der Waals surface area contributed by atoms with E-state index in [0.717, 1.165) is 0 Å². The molecule has 0 aliphatic heterocycles. The van der Waals surface area contributed by atoms with Gasteiger partial charge in [-0.2, -0.15) is 0 Å². The van der Waals surface area contributed by atoms with E-state index in [1.54, 1.807) is 24.7 Å². The summed E-state index contributed by atoms with van der Waals surface area (Å²) in [5, 5.41) is 2.94. The minimum atomic E-state index is -0.104. The summed E-state index contributed by atoms with van der Waals surface area (Å²) in [7, 11) is 0. The van der Waals surface area contributed by atoms with E-state index in [2.05, 4.69) is 22.9 Å². The zero-order chi connectivity index (χ0) is 13.0. The first-order valence-corrected chi connectivity index (χ1v) is 6.16. The highest BCUT2D eigenvalue weighted by molar-refractivity contribution is 7.80. The van der Waals surface area contributed by atoms with E-state index in [-0.39, 0.29) is 11.9 Å². The molecule has 0 fully saturated rings. The summed E-state index contributed by atoms with van der Waals surface area (Å²) < 4.78 is 1.93. The molecule has 0 aliphatic rings. The third-order valence-electron chi connectivity index (χ3n) is 2.57. The monoisotopic (exact) mass is 261 g/mol. The van der Waals surface area contributed by atoms with Crippen molar-refractivity contribution in [3.63, 3.8) is 0 Å². The molecule has 0 spiro atoms. The number of rotatable bonds is 4. The van der Waals surface area contributed by atoms with Gasteiger partial charge < -0.3 is 9.88 Å². The summed E-state index contributed by atoms with van der Waals surface area (Å²) in [5.41, 5.74) is 0.596. The fourth-order valence-electron chi connectivity index (χ4n) is 1.72. The third kappa shape index (κ3) is 3.13. The van der Waals surface area contributed by atoms with Crippen molar-refractivity contribution in [1.82, 2.24) is 14.9 Å². The van der Waals surface area contributed by atoms with Gasteiger partial charge in [0.2, 0.25) is 0 Å². The van der Waals surface area contributed by atoms with E-state index >= 15 is 0 Å². The Morgan fingerprint density at radius 3 is 2.94 bits per heavy atom. The molecule has 0 saturated heterocycles. The molecule has 4 nitrogen and oxygen atoms in total. The third-order valence-corrected chi connectivity index (χ3v) is 2.96. The number of nitrogens with zero attached hydrogens (tertiary/aromatic N) is 2. The van der Waals surface area contributed by atoms with Crippen LogP contribution in [0, 0.1) is 0 Å². The van der Waals surface area contributed by atoms with Crippen LogP contribution in [0.15, 0.2) is 47.9 Å². The van der Waals surface area contributed by atoms with Crippen LogP contribution >= 0.6 is 12.6 Å². The summed E-state index contributed by atoms with van der Waals surface area (Å²) in [6.45, 7) is 2.65. The normalized spacial score (nSPS) is 12.1. The number of aromatic nitrogens is 2. The smallest absolute Gasteiger partial charge is 0.252 e. The van der Waals surface area contributed by atoms with E-state index in [4.69, 9.17) is 0 Å². The molecule has 1 aromatic carbocycles. The van der Waals surface area contributed by atoms with Crippen LogP contribution < -0.4 is 5.32 Å². The highest BCUT2D eigenvalue weighted by Gasteiger charge is 2.11. The van der Waals surface area contributed by atoms with E-state index in [9.17, 15) is 4.79 Å². The number of carbonyl (C=O) groups is 1. The van der Waals surface area contributed by atoms with Gasteiger partial charge in [-0.15, -0.1) is 12.6 Å². The van der Waals surface area contributed by atoms with Gasteiger partial charge in [0.05, 0.1) is 11.9 Å². The molecule has 0 radical (unpaired) electrons. The van der Waals surface area contributed by atoms with Crippen LogP contribution in [0.1, 0.15) is 17.3 Å². The quantitative estimate of drug-likeness (QED) is 0.827. The summed E-state index contributed by atoms with van der Waals surface area (Å²) in [6.07, 6.45) is 5.32. The maximum absolute atomic E-state index is 12.0. The van der Waals surface area contributed by atoms with E-state index < -0.39 is 0 Å². The topological polar surface area (TPSA) is 46.9 Å². The van der Waals surface area contributed by atoms with Gasteiger partial charge >= 0.3 is 0 Å². The predicted molar refractivity (Wildman–Crippen MR) is 72.8 cm³/mol. The van der Waals surface area contributed by atoms with Gasteiger partial charge in [0.1, 0.15) is 0 Å². The fraction of sp³-hybridized carbons (Fsp3) is 0.231. The highest BCUT2D eigenvalue weighted by Crippen LogP contribution is 2.12. The molecule has 1 amide bonds. The minimum absolute atomic E-state index is 0.0274. The second-order valence-electron chi connectivity index (χ2n) is 4.15. The van der Waals surface area contributed by atoms with Crippen molar-refractivity contribution in [2.45, 2.75) is 24.4 Å². The molecule has 5 heteroatoms. The molecule has 0 bridgehead atoms. The lowest BCUT2D eigenvalue weighted by atomic mass is 10.2.